The van der Waals surface area contributed by atoms with Gasteiger partial charge in [-0.25, -0.2) is 0 Å². The van der Waals surface area contributed by atoms with Crippen LogP contribution in [0.25, 0.3) is 5.69 Å². The van der Waals surface area contributed by atoms with Gasteiger partial charge < -0.3 is 4.74 Å². The van der Waals surface area contributed by atoms with Gasteiger partial charge in [-0.2, -0.15) is 0 Å². The van der Waals surface area contributed by atoms with E-state index in [2.05, 4.69) is 21.3 Å². The molecule has 1 heterocycles. The predicted octanol–water partition coefficient (Wildman–Crippen LogP) is 2.70. The summed E-state index contributed by atoms with van der Waals surface area (Å²) in [4.78, 5) is 0. The molecule has 0 aliphatic carbocycles. The van der Waals surface area contributed by atoms with E-state index in [1.807, 2.05) is 37.3 Å². The molecule has 2 rings (SSSR count). The van der Waals surface area contributed by atoms with Crippen molar-refractivity contribution in [2.45, 2.75) is 19.8 Å². The molecule has 0 aliphatic heterocycles. The zero-order chi connectivity index (χ0) is 13.0. The normalized spacial score (nSPS) is 10.3. The fraction of sp³-hybridized carbons (Fsp3) is 0.286. The monoisotopic (exact) mass is 243 g/mol. The van der Waals surface area contributed by atoms with Crippen LogP contribution in [0.1, 0.15) is 18.1 Å². The Balaban J connectivity index is 2.35. The Morgan fingerprint density at radius 1 is 1.28 bits per heavy atom. The van der Waals surface area contributed by atoms with Gasteiger partial charge in [0.25, 0.3) is 0 Å². The fourth-order valence-electron chi connectivity index (χ4n) is 1.87. The van der Waals surface area contributed by atoms with E-state index in [1.54, 1.807) is 7.11 Å². The second-order valence-corrected chi connectivity index (χ2v) is 4.02. The third-order valence-corrected chi connectivity index (χ3v) is 2.79. The number of hydrogen-bond donors (Lipinski definition) is 0. The lowest BCUT2D eigenvalue weighted by Gasteiger charge is -2.08. The van der Waals surface area contributed by atoms with Gasteiger partial charge in [0.2, 0.25) is 0 Å². The van der Waals surface area contributed by atoms with Crippen molar-refractivity contribution < 1.29 is 4.74 Å². The van der Waals surface area contributed by atoms with Crippen LogP contribution in [0.5, 0.6) is 5.75 Å². The van der Waals surface area contributed by atoms with Crippen LogP contribution in [-0.4, -0.2) is 21.9 Å². The number of nitrogens with zero attached hydrogens (tertiary/aromatic N) is 3. The van der Waals surface area contributed by atoms with Crippen LogP contribution >= 0.6 is 0 Å². The van der Waals surface area contributed by atoms with Gasteiger partial charge in [0.1, 0.15) is 17.4 Å². The minimum Gasteiger partial charge on any atom is -0.497 e. The van der Waals surface area contributed by atoms with E-state index >= 15 is 0 Å². The first kappa shape index (κ1) is 12.4. The van der Waals surface area contributed by atoms with Crippen molar-refractivity contribution in [1.29, 1.82) is 0 Å². The number of rotatable bonds is 5. The zero-order valence-corrected chi connectivity index (χ0v) is 10.8. The fourth-order valence-corrected chi connectivity index (χ4v) is 1.87. The van der Waals surface area contributed by atoms with Crippen molar-refractivity contribution >= 4 is 0 Å². The minimum absolute atomic E-state index is 0.844. The standard InChI is InChI=1S/C14H17N3O/c1-4-5-6-14-16-15-11(2)17(14)12-7-9-13(18-3)10-8-12/h4,7-10H,1,5-6H2,2-3H3. The van der Waals surface area contributed by atoms with E-state index in [-0.39, 0.29) is 0 Å². The highest BCUT2D eigenvalue weighted by molar-refractivity contribution is 5.39. The lowest BCUT2D eigenvalue weighted by molar-refractivity contribution is 0.414. The van der Waals surface area contributed by atoms with Crippen molar-refractivity contribution in [1.82, 2.24) is 14.8 Å². The highest BCUT2D eigenvalue weighted by Crippen LogP contribution is 2.18. The zero-order valence-electron chi connectivity index (χ0n) is 10.8. The van der Waals surface area contributed by atoms with Crippen LogP contribution in [0.4, 0.5) is 0 Å². The van der Waals surface area contributed by atoms with Crippen LogP contribution < -0.4 is 4.74 Å². The lowest BCUT2D eigenvalue weighted by Crippen LogP contribution is -2.03. The molecular weight excluding hydrogens is 226 g/mol. The molecule has 0 saturated carbocycles. The van der Waals surface area contributed by atoms with Gasteiger partial charge >= 0.3 is 0 Å². The summed E-state index contributed by atoms with van der Waals surface area (Å²) >= 11 is 0. The average Bonchev–Trinajstić information content (AvgIpc) is 2.77. The number of hydrogen-bond acceptors (Lipinski definition) is 3. The number of aromatic nitrogens is 3. The molecule has 0 atom stereocenters. The number of allylic oxidation sites excluding steroid dienone is 1. The van der Waals surface area contributed by atoms with E-state index in [0.29, 0.717) is 0 Å². The summed E-state index contributed by atoms with van der Waals surface area (Å²) < 4.78 is 7.22. The highest BCUT2D eigenvalue weighted by atomic mass is 16.5. The molecule has 0 spiro atoms. The minimum atomic E-state index is 0.844. The molecule has 0 unspecified atom stereocenters. The Hall–Kier alpha value is -2.10. The number of aryl methyl sites for hydroxylation is 2. The Morgan fingerprint density at radius 2 is 2.00 bits per heavy atom. The van der Waals surface area contributed by atoms with E-state index in [4.69, 9.17) is 4.74 Å². The first-order valence-corrected chi connectivity index (χ1v) is 5.92. The third kappa shape index (κ3) is 2.42. The first-order valence-electron chi connectivity index (χ1n) is 5.92. The number of ether oxygens (including phenoxy) is 1. The Bertz CT molecular complexity index is 528. The van der Waals surface area contributed by atoms with Crippen LogP contribution in [0.15, 0.2) is 36.9 Å². The molecule has 0 N–H and O–H groups in total. The molecule has 1 aromatic carbocycles. The van der Waals surface area contributed by atoms with Crippen molar-refractivity contribution in [3.63, 3.8) is 0 Å². The molecule has 94 valence electrons. The van der Waals surface area contributed by atoms with E-state index in [1.165, 1.54) is 0 Å². The maximum atomic E-state index is 5.16. The second-order valence-electron chi connectivity index (χ2n) is 4.02. The van der Waals surface area contributed by atoms with Crippen molar-refractivity contribution in [2.24, 2.45) is 0 Å². The Morgan fingerprint density at radius 3 is 2.61 bits per heavy atom. The second kappa shape index (κ2) is 5.49. The van der Waals surface area contributed by atoms with Crippen molar-refractivity contribution in [3.8, 4) is 11.4 Å². The molecule has 18 heavy (non-hydrogen) atoms. The molecule has 1 aromatic heterocycles. The van der Waals surface area contributed by atoms with Crippen LogP contribution in [0.2, 0.25) is 0 Å². The molecule has 0 amide bonds. The number of benzene rings is 1. The van der Waals surface area contributed by atoms with Crippen LogP contribution in [0, 0.1) is 6.92 Å². The maximum absolute atomic E-state index is 5.16. The van der Waals surface area contributed by atoms with Gasteiger partial charge in [-0.1, -0.05) is 6.08 Å². The van der Waals surface area contributed by atoms with E-state index in [0.717, 1.165) is 35.9 Å². The van der Waals surface area contributed by atoms with Gasteiger partial charge in [-0.3, -0.25) is 4.57 Å². The van der Waals surface area contributed by atoms with E-state index < -0.39 is 0 Å². The summed E-state index contributed by atoms with van der Waals surface area (Å²) in [6.45, 7) is 5.69. The SMILES string of the molecule is C=CCCc1nnc(C)n1-c1ccc(OC)cc1. The highest BCUT2D eigenvalue weighted by Gasteiger charge is 2.09. The summed E-state index contributed by atoms with van der Waals surface area (Å²) in [6, 6.07) is 7.89. The molecule has 0 aliphatic rings. The predicted molar refractivity (Wildman–Crippen MR) is 71.2 cm³/mol. The Labute approximate surface area is 107 Å². The lowest BCUT2D eigenvalue weighted by atomic mass is 10.2. The first-order chi connectivity index (χ1) is 8.76. The largest absolute Gasteiger partial charge is 0.497 e. The van der Waals surface area contributed by atoms with Gasteiger partial charge in [0.15, 0.2) is 0 Å². The van der Waals surface area contributed by atoms with Crippen LogP contribution in [0.3, 0.4) is 0 Å². The van der Waals surface area contributed by atoms with Crippen molar-refractivity contribution in [3.05, 3.63) is 48.6 Å². The quantitative estimate of drug-likeness (QED) is 0.758. The molecule has 0 fully saturated rings. The van der Waals surface area contributed by atoms with E-state index in [9.17, 15) is 0 Å². The Kier molecular flexibility index (Phi) is 3.77. The molecule has 4 heteroatoms. The van der Waals surface area contributed by atoms with Gasteiger partial charge in [0.05, 0.1) is 7.11 Å². The van der Waals surface area contributed by atoms with Gasteiger partial charge in [-0.05, 0) is 37.6 Å². The average molecular weight is 243 g/mol. The van der Waals surface area contributed by atoms with Crippen molar-refractivity contribution in [2.75, 3.05) is 7.11 Å². The summed E-state index contributed by atoms with van der Waals surface area (Å²) in [5, 5.41) is 8.34. The summed E-state index contributed by atoms with van der Waals surface area (Å²) in [7, 11) is 1.66. The molecule has 0 radical (unpaired) electrons. The third-order valence-electron chi connectivity index (χ3n) is 2.79. The molecule has 4 nitrogen and oxygen atoms in total. The van der Waals surface area contributed by atoms with Gasteiger partial charge in [-0.15, -0.1) is 16.8 Å². The summed E-state index contributed by atoms with van der Waals surface area (Å²) in [5.41, 5.74) is 1.05. The number of methoxy groups -OCH3 is 1. The van der Waals surface area contributed by atoms with Crippen LogP contribution in [-0.2, 0) is 6.42 Å². The summed E-state index contributed by atoms with van der Waals surface area (Å²) in [5.74, 6) is 2.69. The topological polar surface area (TPSA) is 39.9 Å². The smallest absolute Gasteiger partial charge is 0.137 e. The molecule has 0 saturated heterocycles. The maximum Gasteiger partial charge on any atom is 0.137 e. The molecule has 2 aromatic rings. The van der Waals surface area contributed by atoms with Gasteiger partial charge in [0, 0.05) is 12.1 Å². The summed E-state index contributed by atoms with van der Waals surface area (Å²) in [6.07, 6.45) is 3.63. The molecule has 0 bridgehead atoms. The molecular formula is C14H17N3O.